The Kier molecular flexibility index (Phi) is 3.89. The van der Waals surface area contributed by atoms with Gasteiger partial charge in [-0.15, -0.1) is 0 Å². The van der Waals surface area contributed by atoms with E-state index in [-0.39, 0.29) is 25.9 Å². The Labute approximate surface area is 144 Å². The molecule has 1 atom stereocenters. The second kappa shape index (κ2) is 6.22. The fourth-order valence-corrected chi connectivity index (χ4v) is 3.50. The van der Waals surface area contributed by atoms with Gasteiger partial charge in [0.2, 0.25) is 0 Å². The number of hydrogen-bond donors (Lipinski definition) is 1. The topological polar surface area (TPSA) is 76.1 Å². The first-order valence-electron chi connectivity index (χ1n) is 8.09. The van der Waals surface area contributed by atoms with Crippen LogP contribution in [-0.2, 0) is 14.3 Å². The minimum absolute atomic E-state index is 0.0144. The molecule has 0 spiro atoms. The van der Waals surface area contributed by atoms with E-state index in [1.54, 1.807) is 0 Å². The molecule has 2 aromatic carbocycles. The molecule has 0 radical (unpaired) electrons. The summed E-state index contributed by atoms with van der Waals surface area (Å²) in [5, 5.41) is 9.14. The fraction of sp³-hybridized carbons (Fsp3) is 0.263. The highest BCUT2D eigenvalue weighted by Gasteiger charge is 2.37. The van der Waals surface area contributed by atoms with Gasteiger partial charge >= 0.3 is 12.1 Å². The third kappa shape index (κ3) is 2.64. The molecule has 1 aliphatic heterocycles. The minimum Gasteiger partial charge on any atom is -0.480 e. The van der Waals surface area contributed by atoms with Gasteiger partial charge in [-0.25, -0.2) is 9.59 Å². The number of hydrogen-bond acceptors (Lipinski definition) is 4. The van der Waals surface area contributed by atoms with Crippen LogP contribution in [0.15, 0.2) is 48.5 Å². The Morgan fingerprint density at radius 3 is 2.28 bits per heavy atom. The summed E-state index contributed by atoms with van der Waals surface area (Å²) in [5.41, 5.74) is 4.52. The zero-order chi connectivity index (χ0) is 17.4. The van der Waals surface area contributed by atoms with Crippen LogP contribution in [0.4, 0.5) is 4.79 Å². The van der Waals surface area contributed by atoms with Crippen LogP contribution in [0.5, 0.6) is 0 Å². The molecule has 2 aromatic rings. The summed E-state index contributed by atoms with van der Waals surface area (Å²) in [4.78, 5) is 24.6. The van der Waals surface area contributed by atoms with Gasteiger partial charge in [-0.3, -0.25) is 4.90 Å². The molecular formula is C19H17NO5. The van der Waals surface area contributed by atoms with E-state index < -0.39 is 18.1 Å². The van der Waals surface area contributed by atoms with Crippen molar-refractivity contribution in [1.82, 2.24) is 4.90 Å². The lowest BCUT2D eigenvalue weighted by Gasteiger charge is -2.21. The Morgan fingerprint density at radius 2 is 1.68 bits per heavy atom. The smallest absolute Gasteiger partial charge is 0.412 e. The SMILES string of the molecule is O=C(O)C1COCN1C(=O)OCC1c2ccccc2-c2ccccc21. The summed E-state index contributed by atoms with van der Waals surface area (Å²) in [5.74, 6) is -1.14. The normalized spacial score (nSPS) is 18.7. The molecule has 1 N–H and O–H groups in total. The van der Waals surface area contributed by atoms with Crippen LogP contribution >= 0.6 is 0 Å². The molecule has 1 saturated heterocycles. The molecule has 1 heterocycles. The van der Waals surface area contributed by atoms with Crippen LogP contribution in [0, 0.1) is 0 Å². The Bertz CT molecular complexity index is 789. The van der Waals surface area contributed by atoms with Crippen LogP contribution in [0.2, 0.25) is 0 Å². The van der Waals surface area contributed by atoms with Gasteiger partial charge in [-0.05, 0) is 22.3 Å². The molecule has 0 bridgehead atoms. The molecule has 25 heavy (non-hydrogen) atoms. The Balaban J connectivity index is 1.53. The summed E-state index contributed by atoms with van der Waals surface area (Å²) in [6, 6.07) is 15.1. The zero-order valence-electron chi connectivity index (χ0n) is 13.4. The van der Waals surface area contributed by atoms with Crippen molar-refractivity contribution in [2.75, 3.05) is 19.9 Å². The third-order valence-corrected chi connectivity index (χ3v) is 4.74. The van der Waals surface area contributed by atoms with Gasteiger partial charge in [0.05, 0.1) is 6.61 Å². The molecule has 2 aliphatic rings. The van der Waals surface area contributed by atoms with Gasteiger partial charge in [0.25, 0.3) is 0 Å². The molecule has 1 amide bonds. The Hall–Kier alpha value is -2.86. The number of carbonyl (C=O) groups excluding carboxylic acids is 1. The van der Waals surface area contributed by atoms with E-state index in [1.807, 2.05) is 36.4 Å². The van der Waals surface area contributed by atoms with E-state index in [0.29, 0.717) is 0 Å². The molecule has 1 unspecified atom stereocenters. The summed E-state index contributed by atoms with van der Waals surface area (Å²) in [6.45, 7) is 0.0862. The van der Waals surface area contributed by atoms with Crippen molar-refractivity contribution in [3.63, 3.8) is 0 Å². The second-order valence-electron chi connectivity index (χ2n) is 6.13. The van der Waals surface area contributed by atoms with Gasteiger partial charge in [-0.2, -0.15) is 0 Å². The fourth-order valence-electron chi connectivity index (χ4n) is 3.50. The van der Waals surface area contributed by atoms with Gasteiger partial charge in [0.15, 0.2) is 6.04 Å². The highest BCUT2D eigenvalue weighted by Crippen LogP contribution is 2.44. The largest absolute Gasteiger partial charge is 0.480 e. The second-order valence-corrected chi connectivity index (χ2v) is 6.13. The van der Waals surface area contributed by atoms with Crippen molar-refractivity contribution >= 4 is 12.1 Å². The first-order chi connectivity index (χ1) is 12.2. The van der Waals surface area contributed by atoms with Crippen molar-refractivity contribution in [2.24, 2.45) is 0 Å². The van der Waals surface area contributed by atoms with Crippen LogP contribution in [0.25, 0.3) is 11.1 Å². The van der Waals surface area contributed by atoms with Crippen LogP contribution < -0.4 is 0 Å². The van der Waals surface area contributed by atoms with Crippen LogP contribution in [0.3, 0.4) is 0 Å². The quantitative estimate of drug-likeness (QED) is 0.930. The predicted octanol–water partition coefficient (Wildman–Crippen LogP) is 2.68. The van der Waals surface area contributed by atoms with Crippen molar-refractivity contribution < 1.29 is 24.2 Å². The lowest BCUT2D eigenvalue weighted by molar-refractivity contribution is -0.141. The number of carboxylic acids is 1. The van der Waals surface area contributed by atoms with Crippen molar-refractivity contribution in [2.45, 2.75) is 12.0 Å². The molecule has 6 nitrogen and oxygen atoms in total. The highest BCUT2D eigenvalue weighted by atomic mass is 16.6. The summed E-state index contributed by atoms with van der Waals surface area (Å²) < 4.78 is 10.5. The number of aliphatic carboxylic acids is 1. The average Bonchev–Trinajstić information content (AvgIpc) is 3.23. The summed E-state index contributed by atoms with van der Waals surface area (Å²) in [6.07, 6.45) is -0.660. The number of amides is 1. The standard InChI is InChI=1S/C19H17NO5/c21-18(22)17-10-24-11-20(17)19(23)25-9-16-14-7-3-1-5-12(14)13-6-2-4-8-15(13)16/h1-8,16-17H,9-11H2,(H,21,22). The third-order valence-electron chi connectivity index (χ3n) is 4.74. The number of fused-ring (bicyclic) bond motifs is 3. The van der Waals surface area contributed by atoms with E-state index in [0.717, 1.165) is 27.2 Å². The number of carboxylic acid groups (broad SMARTS) is 1. The molecule has 1 aliphatic carbocycles. The van der Waals surface area contributed by atoms with Crippen LogP contribution in [0.1, 0.15) is 17.0 Å². The maximum atomic E-state index is 12.3. The van der Waals surface area contributed by atoms with E-state index >= 15 is 0 Å². The van der Waals surface area contributed by atoms with Crippen molar-refractivity contribution in [3.8, 4) is 11.1 Å². The van der Waals surface area contributed by atoms with Crippen LogP contribution in [-0.4, -0.2) is 48.1 Å². The average molecular weight is 339 g/mol. The number of carbonyl (C=O) groups is 2. The minimum atomic E-state index is -1.09. The van der Waals surface area contributed by atoms with E-state index in [9.17, 15) is 9.59 Å². The molecule has 0 saturated carbocycles. The van der Waals surface area contributed by atoms with Crippen molar-refractivity contribution in [3.05, 3.63) is 59.7 Å². The lowest BCUT2D eigenvalue weighted by Crippen LogP contribution is -2.42. The maximum absolute atomic E-state index is 12.3. The maximum Gasteiger partial charge on any atom is 0.412 e. The van der Waals surface area contributed by atoms with Gasteiger partial charge in [0, 0.05) is 5.92 Å². The predicted molar refractivity (Wildman–Crippen MR) is 89.2 cm³/mol. The van der Waals surface area contributed by atoms with E-state index in [2.05, 4.69) is 12.1 Å². The summed E-state index contributed by atoms with van der Waals surface area (Å²) in [7, 11) is 0. The van der Waals surface area contributed by atoms with Gasteiger partial charge in [0.1, 0.15) is 13.3 Å². The number of rotatable bonds is 3. The lowest BCUT2D eigenvalue weighted by atomic mass is 9.98. The van der Waals surface area contributed by atoms with Crippen molar-refractivity contribution in [1.29, 1.82) is 0 Å². The molecule has 0 aromatic heterocycles. The molecular weight excluding hydrogens is 322 g/mol. The van der Waals surface area contributed by atoms with E-state index in [1.165, 1.54) is 0 Å². The molecule has 128 valence electrons. The van der Waals surface area contributed by atoms with Gasteiger partial charge in [-0.1, -0.05) is 48.5 Å². The first-order valence-corrected chi connectivity index (χ1v) is 8.09. The number of nitrogens with zero attached hydrogens (tertiary/aromatic N) is 1. The molecule has 4 rings (SSSR count). The summed E-state index contributed by atoms with van der Waals surface area (Å²) >= 11 is 0. The molecule has 6 heteroatoms. The first kappa shape index (κ1) is 15.7. The zero-order valence-corrected chi connectivity index (χ0v) is 13.4. The number of benzene rings is 2. The monoisotopic (exact) mass is 339 g/mol. The number of ether oxygens (including phenoxy) is 2. The van der Waals surface area contributed by atoms with Gasteiger partial charge < -0.3 is 14.6 Å². The van der Waals surface area contributed by atoms with E-state index in [4.69, 9.17) is 14.6 Å². The molecule has 1 fully saturated rings. The highest BCUT2D eigenvalue weighted by molar-refractivity contribution is 5.81. The Morgan fingerprint density at radius 1 is 1.08 bits per heavy atom.